The van der Waals surface area contributed by atoms with Gasteiger partial charge in [0.1, 0.15) is 0 Å². The number of likely N-dealkylation sites (N-methyl/N-ethyl adjacent to an activating group) is 1. The third kappa shape index (κ3) is 2.52. The van der Waals surface area contributed by atoms with Gasteiger partial charge in [-0.25, -0.2) is 0 Å². The van der Waals surface area contributed by atoms with Crippen LogP contribution in [0.4, 0.5) is 0 Å². The molecule has 5 heteroatoms. The van der Waals surface area contributed by atoms with E-state index < -0.39 is 0 Å². The Balaban J connectivity index is 1.80. The second kappa shape index (κ2) is 5.10. The van der Waals surface area contributed by atoms with E-state index >= 15 is 0 Å². The maximum absolute atomic E-state index is 11.6. The lowest BCUT2D eigenvalue weighted by Crippen LogP contribution is -2.40. The van der Waals surface area contributed by atoms with Crippen molar-refractivity contribution in [1.29, 1.82) is 0 Å². The van der Waals surface area contributed by atoms with E-state index in [0.29, 0.717) is 11.7 Å². The number of nitrogens with zero attached hydrogens (tertiary/aromatic N) is 3. The predicted octanol–water partition coefficient (Wildman–Crippen LogP) is 0.531. The monoisotopic (exact) mass is 241 g/mol. The number of piperidine rings is 1. The van der Waals surface area contributed by atoms with Gasteiger partial charge in [0.15, 0.2) is 5.11 Å². The van der Waals surface area contributed by atoms with E-state index in [0.717, 1.165) is 13.1 Å². The summed E-state index contributed by atoms with van der Waals surface area (Å²) in [6.07, 6.45) is 3.93. The van der Waals surface area contributed by atoms with Gasteiger partial charge in [0.25, 0.3) is 0 Å². The van der Waals surface area contributed by atoms with E-state index in [1.165, 1.54) is 32.4 Å². The van der Waals surface area contributed by atoms with Crippen molar-refractivity contribution in [2.24, 2.45) is 0 Å². The Morgan fingerprint density at radius 3 is 2.44 bits per heavy atom. The molecule has 0 N–H and O–H groups in total. The molecule has 0 radical (unpaired) electrons. The van der Waals surface area contributed by atoms with Crippen molar-refractivity contribution in [2.75, 3.05) is 39.8 Å². The zero-order chi connectivity index (χ0) is 11.5. The van der Waals surface area contributed by atoms with Crippen LogP contribution in [0.15, 0.2) is 0 Å². The molecule has 2 aliphatic rings. The molecule has 2 saturated heterocycles. The first-order valence-corrected chi connectivity index (χ1v) is 6.37. The van der Waals surface area contributed by atoms with Crippen molar-refractivity contribution in [2.45, 2.75) is 19.3 Å². The quantitative estimate of drug-likeness (QED) is 0.674. The lowest BCUT2D eigenvalue weighted by Gasteiger charge is -2.28. The maximum atomic E-state index is 11.6. The number of hydrogen-bond donors (Lipinski definition) is 0. The summed E-state index contributed by atoms with van der Waals surface area (Å²) in [4.78, 5) is 17.7. The van der Waals surface area contributed by atoms with Crippen LogP contribution in [0.25, 0.3) is 0 Å². The lowest BCUT2D eigenvalue weighted by atomic mass is 10.1. The van der Waals surface area contributed by atoms with Gasteiger partial charge in [-0.3, -0.25) is 9.69 Å². The minimum Gasteiger partial charge on any atom is -0.343 e. The van der Waals surface area contributed by atoms with Gasteiger partial charge in [-0.15, -0.1) is 0 Å². The molecule has 0 atom stereocenters. The highest BCUT2D eigenvalue weighted by molar-refractivity contribution is 7.80. The Bertz CT molecular complexity index is 289. The Hall–Kier alpha value is -0.680. The summed E-state index contributed by atoms with van der Waals surface area (Å²) < 4.78 is 0. The molecule has 0 aromatic carbocycles. The Kier molecular flexibility index (Phi) is 3.76. The molecule has 16 heavy (non-hydrogen) atoms. The van der Waals surface area contributed by atoms with Crippen molar-refractivity contribution in [3.05, 3.63) is 0 Å². The summed E-state index contributed by atoms with van der Waals surface area (Å²) in [5.74, 6) is 0.143. The smallest absolute Gasteiger partial charge is 0.248 e. The molecule has 1 amide bonds. The second-order valence-electron chi connectivity index (χ2n) is 4.59. The van der Waals surface area contributed by atoms with Gasteiger partial charge >= 0.3 is 0 Å². The molecule has 0 spiro atoms. The summed E-state index contributed by atoms with van der Waals surface area (Å²) in [5.41, 5.74) is 0. The van der Waals surface area contributed by atoms with E-state index in [-0.39, 0.29) is 5.91 Å². The molecule has 0 unspecified atom stereocenters. The van der Waals surface area contributed by atoms with Crippen LogP contribution >= 0.6 is 12.2 Å². The van der Waals surface area contributed by atoms with Crippen LogP contribution in [-0.2, 0) is 4.79 Å². The molecule has 0 bridgehead atoms. The van der Waals surface area contributed by atoms with Crippen LogP contribution in [0, 0.1) is 0 Å². The summed E-state index contributed by atoms with van der Waals surface area (Å²) >= 11 is 5.22. The van der Waals surface area contributed by atoms with Crippen LogP contribution in [0.1, 0.15) is 19.3 Å². The van der Waals surface area contributed by atoms with Crippen LogP contribution in [0.3, 0.4) is 0 Å². The third-order valence-corrected chi connectivity index (χ3v) is 3.85. The second-order valence-corrected chi connectivity index (χ2v) is 4.95. The molecule has 0 aliphatic carbocycles. The zero-order valence-electron chi connectivity index (χ0n) is 9.81. The molecule has 0 aromatic rings. The Morgan fingerprint density at radius 1 is 1.19 bits per heavy atom. The average molecular weight is 241 g/mol. The fraction of sp³-hybridized carbons (Fsp3) is 0.818. The number of carbonyl (C=O) groups is 1. The molecule has 2 heterocycles. The first-order chi connectivity index (χ1) is 7.68. The van der Waals surface area contributed by atoms with Crippen LogP contribution in [0.5, 0.6) is 0 Å². The topological polar surface area (TPSA) is 26.8 Å². The van der Waals surface area contributed by atoms with E-state index in [1.54, 1.807) is 4.90 Å². The minimum atomic E-state index is 0.143. The summed E-state index contributed by atoms with van der Waals surface area (Å²) in [6, 6.07) is 0. The molecule has 2 fully saturated rings. The molecule has 0 saturated carbocycles. The normalized spacial score (nSPS) is 23.3. The molecule has 2 rings (SSSR count). The van der Waals surface area contributed by atoms with E-state index in [9.17, 15) is 4.79 Å². The van der Waals surface area contributed by atoms with Gasteiger partial charge in [0.05, 0.1) is 6.54 Å². The maximum Gasteiger partial charge on any atom is 0.248 e. The number of hydrogen-bond acceptors (Lipinski definition) is 3. The summed E-state index contributed by atoms with van der Waals surface area (Å²) in [6.45, 7) is 4.50. The van der Waals surface area contributed by atoms with Gasteiger partial charge in [-0.05, 0) is 38.1 Å². The fourth-order valence-corrected chi connectivity index (χ4v) is 2.57. The number of thiocarbonyl (C=S) groups is 1. The number of amides is 1. The molecule has 90 valence electrons. The van der Waals surface area contributed by atoms with Crippen LogP contribution < -0.4 is 0 Å². The highest BCUT2D eigenvalue weighted by atomic mass is 32.1. The van der Waals surface area contributed by atoms with Gasteiger partial charge in [-0.1, -0.05) is 6.42 Å². The Morgan fingerprint density at radius 2 is 1.88 bits per heavy atom. The van der Waals surface area contributed by atoms with Gasteiger partial charge in [-0.2, -0.15) is 0 Å². The molecule has 4 nitrogen and oxygen atoms in total. The number of likely N-dealkylation sites (tertiary alicyclic amines) is 1. The van der Waals surface area contributed by atoms with Gasteiger partial charge in [0, 0.05) is 20.1 Å². The van der Waals surface area contributed by atoms with Crippen molar-refractivity contribution >= 4 is 23.2 Å². The van der Waals surface area contributed by atoms with Crippen LogP contribution in [0.2, 0.25) is 0 Å². The highest BCUT2D eigenvalue weighted by Gasteiger charge is 2.29. The molecular formula is C11H19N3OS. The number of rotatable bonds is 3. The van der Waals surface area contributed by atoms with Gasteiger partial charge in [0.2, 0.25) is 5.91 Å². The fourth-order valence-electron chi connectivity index (χ4n) is 2.31. The third-order valence-electron chi connectivity index (χ3n) is 3.32. The SMILES string of the molecule is CN1CC(=O)N(CCN2CCCCC2)C1=S. The van der Waals surface area contributed by atoms with Crippen molar-refractivity contribution in [1.82, 2.24) is 14.7 Å². The molecule has 2 aliphatic heterocycles. The summed E-state index contributed by atoms with van der Waals surface area (Å²) in [7, 11) is 1.88. The molecule has 0 aromatic heterocycles. The number of carbonyl (C=O) groups excluding carboxylic acids is 1. The largest absolute Gasteiger partial charge is 0.343 e. The average Bonchev–Trinajstić information content (AvgIpc) is 2.53. The van der Waals surface area contributed by atoms with Crippen LogP contribution in [-0.4, -0.2) is 65.5 Å². The first-order valence-electron chi connectivity index (χ1n) is 5.96. The minimum absolute atomic E-state index is 0.143. The standard InChI is InChI=1S/C11H19N3OS/c1-12-9-10(15)14(11(12)16)8-7-13-5-3-2-4-6-13/h2-9H2,1H3. The van der Waals surface area contributed by atoms with E-state index in [2.05, 4.69) is 4.90 Å². The van der Waals surface area contributed by atoms with E-state index in [4.69, 9.17) is 12.2 Å². The summed E-state index contributed by atoms with van der Waals surface area (Å²) in [5, 5.41) is 0.682. The van der Waals surface area contributed by atoms with Crippen molar-refractivity contribution < 1.29 is 4.79 Å². The van der Waals surface area contributed by atoms with Crippen molar-refractivity contribution in [3.63, 3.8) is 0 Å². The lowest BCUT2D eigenvalue weighted by molar-refractivity contribution is -0.125. The van der Waals surface area contributed by atoms with Crippen molar-refractivity contribution in [3.8, 4) is 0 Å². The Labute approximate surface area is 102 Å². The first kappa shape index (κ1) is 11.8. The van der Waals surface area contributed by atoms with E-state index in [1.807, 2.05) is 11.9 Å². The highest BCUT2D eigenvalue weighted by Crippen LogP contribution is 2.11. The predicted molar refractivity (Wildman–Crippen MR) is 67.2 cm³/mol. The van der Waals surface area contributed by atoms with Gasteiger partial charge < -0.3 is 9.80 Å². The zero-order valence-corrected chi connectivity index (χ0v) is 10.6. The molecular weight excluding hydrogens is 222 g/mol.